The van der Waals surface area contributed by atoms with Gasteiger partial charge in [-0.05, 0) is 12.5 Å². The van der Waals surface area contributed by atoms with Crippen molar-refractivity contribution in [3.63, 3.8) is 0 Å². The van der Waals surface area contributed by atoms with Crippen molar-refractivity contribution in [3.8, 4) is 0 Å². The third kappa shape index (κ3) is 4.11. The molecule has 0 atom stereocenters. The molecule has 1 aliphatic rings. The fourth-order valence-electron chi connectivity index (χ4n) is 2.22. The number of hydrogen-bond donors (Lipinski definition) is 1. The van der Waals surface area contributed by atoms with E-state index in [0.717, 1.165) is 5.56 Å². The molecule has 0 radical (unpaired) electrons. The van der Waals surface area contributed by atoms with Gasteiger partial charge in [0.15, 0.2) is 0 Å². The molecule has 1 N–H and O–H groups in total. The number of ether oxygens (including phenoxy) is 1. The number of hydrogen-bond acceptors (Lipinski definition) is 3. The number of aryl methyl sites for hydroxylation is 1. The van der Waals surface area contributed by atoms with Crippen LogP contribution in [-0.2, 0) is 11.3 Å². The van der Waals surface area contributed by atoms with E-state index in [-0.39, 0.29) is 12.1 Å². The van der Waals surface area contributed by atoms with E-state index < -0.39 is 0 Å². The van der Waals surface area contributed by atoms with Gasteiger partial charge in [-0.2, -0.15) is 0 Å². The molecular formula is C15H21N3O3. The van der Waals surface area contributed by atoms with Gasteiger partial charge in [-0.25, -0.2) is 9.59 Å². The van der Waals surface area contributed by atoms with Crippen molar-refractivity contribution in [2.24, 2.45) is 0 Å². The van der Waals surface area contributed by atoms with Gasteiger partial charge in [-0.1, -0.05) is 29.8 Å². The lowest BCUT2D eigenvalue weighted by atomic mass is 10.1. The predicted octanol–water partition coefficient (Wildman–Crippen LogP) is 1.59. The highest BCUT2D eigenvalue weighted by molar-refractivity contribution is 5.75. The molecule has 6 heteroatoms. The maximum absolute atomic E-state index is 12.1. The molecule has 2 rings (SSSR count). The summed E-state index contributed by atoms with van der Waals surface area (Å²) in [4.78, 5) is 26.7. The molecule has 6 nitrogen and oxygen atoms in total. The van der Waals surface area contributed by atoms with Gasteiger partial charge in [0.1, 0.15) is 0 Å². The SMILES string of the molecule is COC(=O)N1CCN(C(=O)NCc2ccc(C)cc2)CC1. The van der Waals surface area contributed by atoms with Crippen LogP contribution in [0.1, 0.15) is 11.1 Å². The van der Waals surface area contributed by atoms with Gasteiger partial charge in [0.05, 0.1) is 7.11 Å². The molecule has 0 unspecified atom stereocenters. The molecule has 3 amide bonds. The second-order valence-corrected chi connectivity index (χ2v) is 5.09. The Hall–Kier alpha value is -2.24. The molecule has 0 bridgehead atoms. The molecule has 1 aliphatic heterocycles. The Morgan fingerprint density at radius 2 is 1.67 bits per heavy atom. The summed E-state index contributed by atoms with van der Waals surface area (Å²) in [7, 11) is 1.36. The van der Waals surface area contributed by atoms with Crippen molar-refractivity contribution in [2.45, 2.75) is 13.5 Å². The van der Waals surface area contributed by atoms with Crippen LogP contribution in [0.15, 0.2) is 24.3 Å². The van der Waals surface area contributed by atoms with Crippen LogP contribution in [0, 0.1) is 6.92 Å². The van der Waals surface area contributed by atoms with Crippen LogP contribution in [0.4, 0.5) is 9.59 Å². The van der Waals surface area contributed by atoms with Crippen molar-refractivity contribution < 1.29 is 14.3 Å². The van der Waals surface area contributed by atoms with Gasteiger partial charge in [0.25, 0.3) is 0 Å². The summed E-state index contributed by atoms with van der Waals surface area (Å²) in [6.45, 7) is 4.60. The lowest BCUT2D eigenvalue weighted by molar-refractivity contribution is 0.0970. The fraction of sp³-hybridized carbons (Fsp3) is 0.467. The number of piperazine rings is 1. The Kier molecular flexibility index (Phi) is 5.03. The Balaban J connectivity index is 1.77. The predicted molar refractivity (Wildman–Crippen MR) is 79.0 cm³/mol. The standard InChI is InChI=1S/C15H21N3O3/c1-12-3-5-13(6-4-12)11-16-14(19)17-7-9-18(10-8-17)15(20)21-2/h3-6H,7-11H2,1-2H3,(H,16,19). The maximum atomic E-state index is 12.1. The quantitative estimate of drug-likeness (QED) is 0.900. The van der Waals surface area contributed by atoms with Crippen LogP contribution in [0.3, 0.4) is 0 Å². The summed E-state index contributed by atoms with van der Waals surface area (Å²) in [6.07, 6.45) is -0.338. The van der Waals surface area contributed by atoms with Crippen LogP contribution in [0.25, 0.3) is 0 Å². The van der Waals surface area contributed by atoms with Gasteiger partial charge in [-0.15, -0.1) is 0 Å². The van der Waals surface area contributed by atoms with Gasteiger partial charge in [-0.3, -0.25) is 0 Å². The lowest BCUT2D eigenvalue weighted by Gasteiger charge is -2.33. The third-order valence-electron chi connectivity index (χ3n) is 3.56. The molecule has 1 saturated heterocycles. The van der Waals surface area contributed by atoms with Gasteiger partial charge < -0.3 is 19.9 Å². The number of carbonyl (C=O) groups is 2. The molecule has 114 valence electrons. The third-order valence-corrected chi connectivity index (χ3v) is 3.56. The zero-order valence-electron chi connectivity index (χ0n) is 12.5. The number of carbonyl (C=O) groups excluding carboxylic acids is 2. The second-order valence-electron chi connectivity index (χ2n) is 5.09. The number of nitrogens with zero attached hydrogens (tertiary/aromatic N) is 2. The summed E-state index contributed by atoms with van der Waals surface area (Å²) in [5, 5.41) is 2.90. The molecule has 1 aromatic rings. The van der Waals surface area contributed by atoms with Crippen molar-refractivity contribution in [1.82, 2.24) is 15.1 Å². The number of rotatable bonds is 2. The van der Waals surface area contributed by atoms with E-state index in [0.29, 0.717) is 32.7 Å². The molecule has 1 heterocycles. The average molecular weight is 291 g/mol. The minimum atomic E-state index is -0.338. The topological polar surface area (TPSA) is 61.9 Å². The smallest absolute Gasteiger partial charge is 0.409 e. The summed E-state index contributed by atoms with van der Waals surface area (Å²) >= 11 is 0. The molecule has 0 saturated carbocycles. The van der Waals surface area contributed by atoms with E-state index in [9.17, 15) is 9.59 Å². The number of benzene rings is 1. The van der Waals surface area contributed by atoms with Crippen molar-refractivity contribution in [1.29, 1.82) is 0 Å². The van der Waals surface area contributed by atoms with Gasteiger partial charge >= 0.3 is 12.1 Å². The maximum Gasteiger partial charge on any atom is 0.409 e. The van der Waals surface area contributed by atoms with E-state index in [1.54, 1.807) is 9.80 Å². The summed E-state index contributed by atoms with van der Waals surface area (Å²) < 4.78 is 4.67. The summed E-state index contributed by atoms with van der Waals surface area (Å²) in [6, 6.07) is 7.96. The highest BCUT2D eigenvalue weighted by Crippen LogP contribution is 2.05. The molecule has 0 spiro atoms. The minimum Gasteiger partial charge on any atom is -0.453 e. The van der Waals surface area contributed by atoms with E-state index in [2.05, 4.69) is 10.1 Å². The van der Waals surface area contributed by atoms with Gasteiger partial charge in [0.2, 0.25) is 0 Å². The van der Waals surface area contributed by atoms with Crippen LogP contribution in [-0.4, -0.2) is 55.2 Å². The number of amides is 3. The van der Waals surface area contributed by atoms with Crippen LogP contribution < -0.4 is 5.32 Å². The highest BCUT2D eigenvalue weighted by Gasteiger charge is 2.24. The normalized spacial score (nSPS) is 14.8. The molecule has 1 fully saturated rings. The molecule has 0 aliphatic carbocycles. The monoisotopic (exact) mass is 291 g/mol. The average Bonchev–Trinajstić information content (AvgIpc) is 2.53. The van der Waals surface area contributed by atoms with E-state index in [1.807, 2.05) is 31.2 Å². The first kappa shape index (κ1) is 15.2. The molecule has 0 aromatic heterocycles. The molecule has 21 heavy (non-hydrogen) atoms. The zero-order chi connectivity index (χ0) is 15.2. The van der Waals surface area contributed by atoms with Crippen LogP contribution in [0.2, 0.25) is 0 Å². The Labute approximate surface area is 124 Å². The highest BCUT2D eigenvalue weighted by atomic mass is 16.5. The largest absolute Gasteiger partial charge is 0.453 e. The Morgan fingerprint density at radius 1 is 1.10 bits per heavy atom. The van der Waals surface area contributed by atoms with E-state index in [4.69, 9.17) is 0 Å². The first-order valence-corrected chi connectivity index (χ1v) is 7.01. The fourth-order valence-corrected chi connectivity index (χ4v) is 2.22. The van der Waals surface area contributed by atoms with Crippen molar-refractivity contribution in [3.05, 3.63) is 35.4 Å². The molecular weight excluding hydrogens is 270 g/mol. The second kappa shape index (κ2) is 6.97. The zero-order valence-corrected chi connectivity index (χ0v) is 12.5. The van der Waals surface area contributed by atoms with Crippen LogP contribution in [0.5, 0.6) is 0 Å². The minimum absolute atomic E-state index is 0.0971. The van der Waals surface area contributed by atoms with Gasteiger partial charge in [0, 0.05) is 32.7 Å². The van der Waals surface area contributed by atoms with Crippen LogP contribution >= 0.6 is 0 Å². The van der Waals surface area contributed by atoms with E-state index >= 15 is 0 Å². The molecule has 1 aromatic carbocycles. The van der Waals surface area contributed by atoms with Crippen molar-refractivity contribution >= 4 is 12.1 Å². The number of nitrogens with one attached hydrogen (secondary N) is 1. The number of methoxy groups -OCH3 is 1. The summed E-state index contributed by atoms with van der Waals surface area (Å²) in [5.41, 5.74) is 2.27. The summed E-state index contributed by atoms with van der Waals surface area (Å²) in [5.74, 6) is 0. The first-order valence-electron chi connectivity index (χ1n) is 7.01. The van der Waals surface area contributed by atoms with E-state index in [1.165, 1.54) is 12.7 Å². The Morgan fingerprint density at radius 3 is 2.24 bits per heavy atom. The first-order chi connectivity index (χ1) is 10.1. The lowest BCUT2D eigenvalue weighted by Crippen LogP contribution is -2.53. The van der Waals surface area contributed by atoms with Crippen molar-refractivity contribution in [2.75, 3.05) is 33.3 Å². The number of urea groups is 1. The Bertz CT molecular complexity index is 493.